The fourth-order valence-corrected chi connectivity index (χ4v) is 3.72. The Bertz CT molecular complexity index is 993. The minimum Gasteiger partial charge on any atom is -0.448 e. The summed E-state index contributed by atoms with van der Waals surface area (Å²) in [5.74, 6) is 0.514. The van der Waals surface area contributed by atoms with Crippen LogP contribution in [-0.4, -0.2) is 51.5 Å². The Kier molecular flexibility index (Phi) is 5.10. The lowest BCUT2D eigenvalue weighted by Crippen LogP contribution is -2.44. The second-order valence-electron chi connectivity index (χ2n) is 7.06. The molecule has 0 unspecified atom stereocenters. The number of fused-ring (bicyclic) bond motifs is 1. The number of likely N-dealkylation sites (tertiary alicyclic amines) is 1. The van der Waals surface area contributed by atoms with Crippen molar-refractivity contribution >= 4 is 22.7 Å². The van der Waals surface area contributed by atoms with Crippen molar-refractivity contribution in [2.75, 3.05) is 19.6 Å². The number of hydrogen-bond acceptors (Lipinski definition) is 5. The lowest BCUT2D eigenvalue weighted by molar-refractivity contribution is 0.0663. The number of nitrogens with one attached hydrogen (secondary N) is 2. The average molecular weight is 381 g/mol. The van der Waals surface area contributed by atoms with Crippen molar-refractivity contribution in [3.8, 4) is 0 Å². The summed E-state index contributed by atoms with van der Waals surface area (Å²) in [6, 6.07) is 7.54. The van der Waals surface area contributed by atoms with Crippen LogP contribution in [0, 0.1) is 5.92 Å². The van der Waals surface area contributed by atoms with Gasteiger partial charge in [0.05, 0.1) is 5.52 Å². The summed E-state index contributed by atoms with van der Waals surface area (Å²) in [5.41, 5.74) is 1.63. The van der Waals surface area contributed by atoms with Crippen molar-refractivity contribution in [3.05, 3.63) is 47.8 Å². The second kappa shape index (κ2) is 7.84. The zero-order valence-electron chi connectivity index (χ0n) is 15.8. The average Bonchev–Trinajstić information content (AvgIpc) is 3.38. The fourth-order valence-electron chi connectivity index (χ4n) is 3.72. The topological polar surface area (TPSA) is 104 Å². The number of hydrogen-bond donors (Lipinski definition) is 2. The van der Waals surface area contributed by atoms with Crippen LogP contribution in [-0.2, 0) is 6.42 Å². The predicted octanol–water partition coefficient (Wildman–Crippen LogP) is 2.40. The Hall–Kier alpha value is -3.16. The maximum atomic E-state index is 12.8. The van der Waals surface area contributed by atoms with Gasteiger partial charge in [0.1, 0.15) is 5.76 Å². The molecule has 8 heteroatoms. The number of amides is 2. The molecule has 1 fully saturated rings. The van der Waals surface area contributed by atoms with Crippen LogP contribution in [0.3, 0.4) is 0 Å². The number of aromatic nitrogens is 3. The monoisotopic (exact) mass is 381 g/mol. The van der Waals surface area contributed by atoms with Gasteiger partial charge in [-0.3, -0.25) is 14.7 Å². The Balaban J connectivity index is 1.37. The zero-order chi connectivity index (χ0) is 19.5. The molecular formula is C20H23N5O3. The van der Waals surface area contributed by atoms with Gasteiger partial charge in [0.2, 0.25) is 0 Å². The van der Waals surface area contributed by atoms with Gasteiger partial charge in [-0.1, -0.05) is 25.1 Å². The first-order valence-electron chi connectivity index (χ1n) is 9.60. The van der Waals surface area contributed by atoms with Gasteiger partial charge in [0, 0.05) is 31.4 Å². The van der Waals surface area contributed by atoms with Crippen LogP contribution < -0.4 is 5.32 Å². The summed E-state index contributed by atoms with van der Waals surface area (Å²) >= 11 is 0. The Morgan fingerprint density at radius 3 is 3.04 bits per heavy atom. The molecular weight excluding hydrogens is 358 g/mol. The van der Waals surface area contributed by atoms with Crippen molar-refractivity contribution in [2.45, 2.75) is 26.2 Å². The number of aryl methyl sites for hydroxylation is 1. The predicted molar refractivity (Wildman–Crippen MR) is 103 cm³/mol. The van der Waals surface area contributed by atoms with Crippen molar-refractivity contribution in [3.63, 3.8) is 0 Å². The molecule has 146 valence electrons. The van der Waals surface area contributed by atoms with Gasteiger partial charge in [-0.2, -0.15) is 5.10 Å². The highest BCUT2D eigenvalue weighted by Gasteiger charge is 2.28. The molecule has 4 rings (SSSR count). The molecule has 3 heterocycles. The fraction of sp³-hybridized carbons (Fsp3) is 0.400. The molecule has 0 bridgehead atoms. The largest absolute Gasteiger partial charge is 0.448 e. The molecule has 2 aromatic heterocycles. The van der Waals surface area contributed by atoms with Gasteiger partial charge in [-0.05, 0) is 24.8 Å². The number of benzene rings is 1. The molecule has 0 spiro atoms. The van der Waals surface area contributed by atoms with Crippen LogP contribution in [0.25, 0.3) is 10.9 Å². The number of oxazole rings is 1. The second-order valence-corrected chi connectivity index (χ2v) is 7.06. The number of piperidine rings is 1. The minimum atomic E-state index is -0.203. The summed E-state index contributed by atoms with van der Waals surface area (Å²) in [4.78, 5) is 31.2. The first kappa shape index (κ1) is 18.2. The van der Waals surface area contributed by atoms with E-state index < -0.39 is 0 Å². The van der Waals surface area contributed by atoms with Gasteiger partial charge in [-0.15, -0.1) is 0 Å². The molecule has 0 radical (unpaired) electrons. The molecule has 0 saturated carbocycles. The first-order chi connectivity index (χ1) is 13.7. The third-order valence-electron chi connectivity index (χ3n) is 5.21. The van der Waals surface area contributed by atoms with Crippen molar-refractivity contribution in [2.24, 2.45) is 5.92 Å². The molecule has 1 aliphatic heterocycles. The SMILES string of the molecule is CCc1ocnc1C(=O)N1CCC[C@H](CNC(=O)c2n[nH]c3ccccc23)C1. The van der Waals surface area contributed by atoms with Crippen LogP contribution in [0.5, 0.6) is 0 Å². The van der Waals surface area contributed by atoms with E-state index in [2.05, 4.69) is 20.5 Å². The van der Waals surface area contributed by atoms with E-state index in [1.54, 1.807) is 4.90 Å². The van der Waals surface area contributed by atoms with E-state index in [4.69, 9.17) is 4.42 Å². The van der Waals surface area contributed by atoms with Crippen LogP contribution in [0.4, 0.5) is 0 Å². The van der Waals surface area contributed by atoms with Gasteiger partial charge >= 0.3 is 0 Å². The minimum absolute atomic E-state index is 0.0973. The van der Waals surface area contributed by atoms with Gasteiger partial charge < -0.3 is 14.6 Å². The number of carbonyl (C=O) groups excluding carboxylic acids is 2. The van der Waals surface area contributed by atoms with E-state index in [0.717, 1.165) is 23.7 Å². The number of H-pyrrole nitrogens is 1. The highest BCUT2D eigenvalue weighted by Crippen LogP contribution is 2.20. The maximum Gasteiger partial charge on any atom is 0.276 e. The molecule has 2 amide bonds. The molecule has 3 aromatic rings. The van der Waals surface area contributed by atoms with Crippen LogP contribution in [0.1, 0.15) is 46.5 Å². The number of carbonyl (C=O) groups is 2. The first-order valence-corrected chi connectivity index (χ1v) is 9.60. The quantitative estimate of drug-likeness (QED) is 0.706. The number of aromatic amines is 1. The smallest absolute Gasteiger partial charge is 0.276 e. The summed E-state index contributed by atoms with van der Waals surface area (Å²) in [5, 5.41) is 10.8. The van der Waals surface area contributed by atoms with E-state index in [9.17, 15) is 9.59 Å². The van der Waals surface area contributed by atoms with Crippen molar-refractivity contribution in [1.82, 2.24) is 25.4 Å². The lowest BCUT2D eigenvalue weighted by Gasteiger charge is -2.32. The summed E-state index contributed by atoms with van der Waals surface area (Å²) in [7, 11) is 0. The Morgan fingerprint density at radius 1 is 1.32 bits per heavy atom. The Morgan fingerprint density at radius 2 is 2.18 bits per heavy atom. The number of nitrogens with zero attached hydrogens (tertiary/aromatic N) is 3. The molecule has 28 heavy (non-hydrogen) atoms. The molecule has 0 aliphatic carbocycles. The third-order valence-corrected chi connectivity index (χ3v) is 5.21. The highest BCUT2D eigenvalue weighted by molar-refractivity contribution is 6.04. The lowest BCUT2D eigenvalue weighted by atomic mass is 9.97. The third kappa shape index (κ3) is 3.49. The van der Waals surface area contributed by atoms with E-state index in [0.29, 0.717) is 43.2 Å². The van der Waals surface area contributed by atoms with Crippen molar-refractivity contribution in [1.29, 1.82) is 0 Å². The van der Waals surface area contributed by atoms with Gasteiger partial charge in [-0.25, -0.2) is 4.98 Å². The van der Waals surface area contributed by atoms with Crippen LogP contribution >= 0.6 is 0 Å². The molecule has 1 saturated heterocycles. The highest BCUT2D eigenvalue weighted by atomic mass is 16.3. The molecule has 1 aromatic carbocycles. The van der Waals surface area contributed by atoms with Crippen molar-refractivity contribution < 1.29 is 14.0 Å². The summed E-state index contributed by atoms with van der Waals surface area (Å²) in [6.45, 7) is 3.73. The van der Waals surface area contributed by atoms with E-state index in [-0.39, 0.29) is 17.7 Å². The molecule has 1 atom stereocenters. The Labute approximate surface area is 162 Å². The van der Waals surface area contributed by atoms with E-state index in [1.165, 1.54) is 6.39 Å². The molecule has 8 nitrogen and oxygen atoms in total. The molecule has 1 aliphatic rings. The van der Waals surface area contributed by atoms with E-state index in [1.807, 2.05) is 31.2 Å². The van der Waals surface area contributed by atoms with Gasteiger partial charge in [0.15, 0.2) is 17.8 Å². The maximum absolute atomic E-state index is 12.8. The molecule has 2 N–H and O–H groups in total. The normalized spacial score (nSPS) is 17.0. The number of rotatable bonds is 5. The van der Waals surface area contributed by atoms with E-state index >= 15 is 0 Å². The van der Waals surface area contributed by atoms with Gasteiger partial charge in [0.25, 0.3) is 11.8 Å². The summed E-state index contributed by atoms with van der Waals surface area (Å²) < 4.78 is 5.28. The van der Waals surface area contributed by atoms with Crippen LogP contribution in [0.15, 0.2) is 35.1 Å². The number of para-hydroxylation sites is 1. The summed E-state index contributed by atoms with van der Waals surface area (Å²) in [6.07, 6.45) is 3.82. The van der Waals surface area contributed by atoms with Crippen LogP contribution in [0.2, 0.25) is 0 Å². The standard InChI is InChI=1S/C20H23N5O3/c1-2-16-18(22-12-28-16)20(27)25-9-5-6-13(11-25)10-21-19(26)17-14-7-3-4-8-15(14)23-24-17/h3-4,7-8,12-13H,2,5-6,9-11H2,1H3,(H,21,26)(H,23,24)/t13-/m1/s1. The zero-order valence-corrected chi connectivity index (χ0v) is 15.8.